The van der Waals surface area contributed by atoms with Crippen molar-refractivity contribution in [2.24, 2.45) is 4.99 Å². The van der Waals surface area contributed by atoms with Crippen LogP contribution in [-0.4, -0.2) is 64.5 Å². The van der Waals surface area contributed by atoms with E-state index in [9.17, 15) is 0 Å². The third-order valence-corrected chi connectivity index (χ3v) is 5.14. The predicted octanol–water partition coefficient (Wildman–Crippen LogP) is 3.91. The van der Waals surface area contributed by atoms with Gasteiger partial charge in [0.15, 0.2) is 17.5 Å². The van der Waals surface area contributed by atoms with Crippen molar-refractivity contribution in [2.75, 3.05) is 58.9 Å². The lowest BCUT2D eigenvalue weighted by atomic mass is 10.1. The normalized spacial score (nSPS) is 13.3. The zero-order chi connectivity index (χ0) is 21.9. The quantitative estimate of drug-likeness (QED) is 0.279. The van der Waals surface area contributed by atoms with Gasteiger partial charge in [-0.1, -0.05) is 24.3 Å². The van der Waals surface area contributed by atoms with Gasteiger partial charge in [0.1, 0.15) is 0 Å². The Morgan fingerprint density at radius 3 is 2.66 bits per heavy atom. The van der Waals surface area contributed by atoms with Crippen LogP contribution in [0.25, 0.3) is 0 Å². The largest absolute Gasteiger partial charge is 0.490 e. The van der Waals surface area contributed by atoms with E-state index in [4.69, 9.17) is 19.2 Å². The second-order valence-corrected chi connectivity index (χ2v) is 7.65. The van der Waals surface area contributed by atoms with Crippen molar-refractivity contribution in [2.45, 2.75) is 19.9 Å². The van der Waals surface area contributed by atoms with Crippen molar-refractivity contribution in [1.82, 2.24) is 10.2 Å². The first-order valence-corrected chi connectivity index (χ1v) is 10.8. The summed E-state index contributed by atoms with van der Waals surface area (Å²) < 4.78 is 16.7. The highest BCUT2D eigenvalue weighted by Gasteiger charge is 2.11. The van der Waals surface area contributed by atoms with Crippen LogP contribution in [0.15, 0.2) is 47.5 Å². The third kappa shape index (κ3) is 8.48. The number of likely N-dealkylation sites (N-methyl/N-ethyl adjacent to an activating group) is 1. The fraction of sp³-hybridized carbons (Fsp3) is 0.458. The molecule has 1 heterocycles. The maximum absolute atomic E-state index is 5.82. The summed E-state index contributed by atoms with van der Waals surface area (Å²) in [5.41, 5.74) is 3.35. The average Bonchev–Trinajstić information content (AvgIpc) is 3.02. The van der Waals surface area contributed by atoms with Crippen LogP contribution in [0, 0.1) is 6.92 Å². The molecule has 2 aromatic rings. The highest BCUT2D eigenvalue weighted by molar-refractivity contribution is 14.0. The van der Waals surface area contributed by atoms with Crippen LogP contribution in [0.1, 0.15) is 17.5 Å². The van der Waals surface area contributed by atoms with Crippen LogP contribution < -0.4 is 20.1 Å². The number of fused-ring (bicyclic) bond motifs is 1. The molecule has 0 aromatic heterocycles. The van der Waals surface area contributed by atoms with E-state index < -0.39 is 0 Å². The summed E-state index contributed by atoms with van der Waals surface area (Å²) in [5, 5.41) is 6.86. The number of aryl methyl sites for hydroxylation is 1. The molecule has 0 amide bonds. The minimum atomic E-state index is 0. The first-order chi connectivity index (χ1) is 15.2. The Kier molecular flexibility index (Phi) is 11.6. The smallest absolute Gasteiger partial charge is 0.196 e. The second kappa shape index (κ2) is 14.2. The molecule has 0 saturated heterocycles. The van der Waals surface area contributed by atoms with Gasteiger partial charge in [0.2, 0.25) is 0 Å². The third-order valence-electron chi connectivity index (χ3n) is 5.14. The molecule has 0 bridgehead atoms. The molecule has 2 N–H and O–H groups in total. The Hall–Kier alpha value is -2.04. The Morgan fingerprint density at radius 1 is 1.09 bits per heavy atom. The highest BCUT2D eigenvalue weighted by Crippen LogP contribution is 2.32. The van der Waals surface area contributed by atoms with E-state index in [1.54, 1.807) is 7.11 Å². The standard InChI is InChI=1S/C24H34N4O3.HI/c1-19-7-4-5-8-20(19)18-26-24(25-11-12-28(2)13-16-29-3)27-21-9-10-22-23(17-21)31-15-6-14-30-22;/h4-5,7-10,17H,6,11-16,18H2,1-3H3,(H2,25,26,27);1H. The number of ether oxygens (including phenoxy) is 3. The molecule has 0 spiro atoms. The summed E-state index contributed by atoms with van der Waals surface area (Å²) in [4.78, 5) is 7.04. The summed E-state index contributed by atoms with van der Waals surface area (Å²) in [6, 6.07) is 14.2. The molecule has 3 rings (SSSR count). The van der Waals surface area contributed by atoms with Crippen LogP contribution in [0.2, 0.25) is 0 Å². The Bertz CT molecular complexity index is 863. The molecule has 32 heavy (non-hydrogen) atoms. The van der Waals surface area contributed by atoms with Gasteiger partial charge < -0.3 is 29.7 Å². The molecule has 8 heteroatoms. The zero-order valence-corrected chi connectivity index (χ0v) is 21.6. The number of methoxy groups -OCH3 is 1. The Labute approximate surface area is 208 Å². The molecule has 0 saturated carbocycles. The van der Waals surface area contributed by atoms with E-state index >= 15 is 0 Å². The Balaban J connectivity index is 0.00000363. The van der Waals surface area contributed by atoms with Crippen LogP contribution in [0.4, 0.5) is 5.69 Å². The molecule has 7 nitrogen and oxygen atoms in total. The molecule has 0 fully saturated rings. The molecular formula is C24H35IN4O3. The first-order valence-electron chi connectivity index (χ1n) is 10.8. The highest BCUT2D eigenvalue weighted by atomic mass is 127. The van der Waals surface area contributed by atoms with E-state index in [0.29, 0.717) is 19.8 Å². The molecule has 0 atom stereocenters. The maximum Gasteiger partial charge on any atom is 0.196 e. The van der Waals surface area contributed by atoms with E-state index in [1.807, 2.05) is 30.3 Å². The van der Waals surface area contributed by atoms with Crippen molar-refractivity contribution in [3.05, 3.63) is 53.6 Å². The number of aliphatic imine (C=N–C) groups is 1. The minimum absolute atomic E-state index is 0. The number of anilines is 1. The minimum Gasteiger partial charge on any atom is -0.490 e. The molecule has 1 aliphatic rings. The number of nitrogens with one attached hydrogen (secondary N) is 2. The monoisotopic (exact) mass is 554 g/mol. The van der Waals surface area contributed by atoms with Gasteiger partial charge in [-0.15, -0.1) is 24.0 Å². The van der Waals surface area contributed by atoms with Gasteiger partial charge in [0.25, 0.3) is 0 Å². The number of guanidine groups is 1. The molecule has 0 unspecified atom stereocenters. The number of halogens is 1. The molecule has 0 aliphatic carbocycles. The summed E-state index contributed by atoms with van der Waals surface area (Å²) in [5.74, 6) is 2.28. The summed E-state index contributed by atoms with van der Waals surface area (Å²) in [6.07, 6.45) is 0.888. The van der Waals surface area contributed by atoms with Gasteiger partial charge in [0, 0.05) is 44.9 Å². The lowest BCUT2D eigenvalue weighted by Gasteiger charge is -2.18. The van der Waals surface area contributed by atoms with Gasteiger partial charge in [-0.2, -0.15) is 0 Å². The number of hydrogen-bond donors (Lipinski definition) is 2. The number of hydrogen-bond acceptors (Lipinski definition) is 5. The van der Waals surface area contributed by atoms with Gasteiger partial charge in [-0.05, 0) is 37.2 Å². The van der Waals surface area contributed by atoms with E-state index in [0.717, 1.165) is 55.8 Å². The lowest BCUT2D eigenvalue weighted by molar-refractivity contribution is 0.162. The van der Waals surface area contributed by atoms with Crippen molar-refractivity contribution in [3.8, 4) is 11.5 Å². The van der Waals surface area contributed by atoms with Crippen LogP contribution in [0.3, 0.4) is 0 Å². The van der Waals surface area contributed by atoms with Crippen LogP contribution in [0.5, 0.6) is 11.5 Å². The predicted molar refractivity (Wildman–Crippen MR) is 141 cm³/mol. The van der Waals surface area contributed by atoms with Crippen molar-refractivity contribution >= 4 is 35.6 Å². The molecule has 176 valence electrons. The molecule has 0 radical (unpaired) electrons. The average molecular weight is 554 g/mol. The van der Waals surface area contributed by atoms with Crippen molar-refractivity contribution in [1.29, 1.82) is 0 Å². The summed E-state index contributed by atoms with van der Waals surface area (Å²) in [6.45, 7) is 7.33. The number of rotatable bonds is 9. The fourth-order valence-corrected chi connectivity index (χ4v) is 3.19. The van der Waals surface area contributed by atoms with Crippen molar-refractivity contribution < 1.29 is 14.2 Å². The summed E-state index contributed by atoms with van der Waals surface area (Å²) in [7, 11) is 3.81. The van der Waals surface area contributed by atoms with E-state index in [2.05, 4.69) is 41.6 Å². The van der Waals surface area contributed by atoms with Crippen LogP contribution >= 0.6 is 24.0 Å². The zero-order valence-electron chi connectivity index (χ0n) is 19.2. The fourth-order valence-electron chi connectivity index (χ4n) is 3.19. The Morgan fingerprint density at radius 2 is 1.88 bits per heavy atom. The first kappa shape index (κ1) is 26.2. The van der Waals surface area contributed by atoms with E-state index in [-0.39, 0.29) is 24.0 Å². The lowest BCUT2D eigenvalue weighted by Crippen LogP contribution is -2.37. The van der Waals surface area contributed by atoms with Crippen molar-refractivity contribution in [3.63, 3.8) is 0 Å². The number of nitrogens with zero attached hydrogens (tertiary/aromatic N) is 2. The topological polar surface area (TPSA) is 67.4 Å². The molecule has 1 aliphatic heterocycles. The number of benzene rings is 2. The van der Waals surface area contributed by atoms with Gasteiger partial charge in [-0.3, -0.25) is 0 Å². The second-order valence-electron chi connectivity index (χ2n) is 7.65. The van der Waals surface area contributed by atoms with Crippen LogP contribution in [-0.2, 0) is 11.3 Å². The SMILES string of the molecule is COCCN(C)CCNC(=NCc1ccccc1C)Nc1ccc2c(c1)OCCCO2.I. The molecule has 2 aromatic carbocycles. The van der Waals surface area contributed by atoms with E-state index in [1.165, 1.54) is 11.1 Å². The van der Waals surface area contributed by atoms with Gasteiger partial charge in [0.05, 0.1) is 26.4 Å². The summed E-state index contributed by atoms with van der Waals surface area (Å²) >= 11 is 0. The van der Waals surface area contributed by atoms with Gasteiger partial charge in [-0.25, -0.2) is 4.99 Å². The molecular weight excluding hydrogens is 519 g/mol. The van der Waals surface area contributed by atoms with Gasteiger partial charge >= 0.3 is 0 Å². The maximum atomic E-state index is 5.82.